The van der Waals surface area contributed by atoms with Gasteiger partial charge in [0.1, 0.15) is 0 Å². The highest BCUT2D eigenvalue weighted by molar-refractivity contribution is 5.72. The van der Waals surface area contributed by atoms with Gasteiger partial charge in [0.05, 0.1) is 19.1 Å². The van der Waals surface area contributed by atoms with Crippen molar-refractivity contribution >= 4 is 5.97 Å². The molecule has 1 fully saturated rings. The first kappa shape index (κ1) is 15.4. The molecule has 1 aliphatic carbocycles. The molecule has 1 saturated carbocycles. The van der Waals surface area contributed by atoms with Gasteiger partial charge in [-0.1, -0.05) is 40.0 Å². The first-order valence-electron chi connectivity index (χ1n) is 6.29. The van der Waals surface area contributed by atoms with Crippen molar-refractivity contribution in [1.29, 1.82) is 0 Å². The van der Waals surface area contributed by atoms with Crippen LogP contribution in [0.3, 0.4) is 0 Å². The molecule has 0 amide bonds. The standard InChI is InChI=1S/C10H20O3.C3H6/c1-5-6-13-10(11)9(7-12-4)8(2)3;1-2-3-1/h8-9H,5-7H2,1-4H3;1-3H2. The number of hydrogen-bond acceptors (Lipinski definition) is 3. The van der Waals surface area contributed by atoms with Gasteiger partial charge < -0.3 is 9.47 Å². The minimum atomic E-state index is -0.140. The lowest BCUT2D eigenvalue weighted by Crippen LogP contribution is -2.27. The number of ether oxygens (including phenoxy) is 2. The summed E-state index contributed by atoms with van der Waals surface area (Å²) >= 11 is 0. The highest BCUT2D eigenvalue weighted by Gasteiger charge is 2.23. The molecule has 0 aliphatic heterocycles. The molecule has 0 aromatic rings. The summed E-state index contributed by atoms with van der Waals surface area (Å²) in [6, 6.07) is 0. The Morgan fingerprint density at radius 2 is 1.81 bits per heavy atom. The van der Waals surface area contributed by atoms with Crippen LogP contribution in [-0.4, -0.2) is 26.3 Å². The number of carbonyl (C=O) groups excluding carboxylic acids is 1. The third-order valence-corrected chi connectivity index (χ3v) is 2.26. The summed E-state index contributed by atoms with van der Waals surface area (Å²) in [7, 11) is 1.60. The van der Waals surface area contributed by atoms with E-state index in [1.54, 1.807) is 7.11 Å². The number of esters is 1. The molecule has 3 heteroatoms. The van der Waals surface area contributed by atoms with E-state index in [0.717, 1.165) is 6.42 Å². The van der Waals surface area contributed by atoms with Crippen LogP contribution in [-0.2, 0) is 14.3 Å². The monoisotopic (exact) mass is 230 g/mol. The van der Waals surface area contributed by atoms with Crippen LogP contribution in [0.5, 0.6) is 0 Å². The summed E-state index contributed by atoms with van der Waals surface area (Å²) in [6.07, 6.45) is 5.36. The van der Waals surface area contributed by atoms with Crippen molar-refractivity contribution in [2.24, 2.45) is 11.8 Å². The van der Waals surface area contributed by atoms with Crippen molar-refractivity contribution in [3.05, 3.63) is 0 Å². The normalized spacial score (nSPS) is 15.1. The van der Waals surface area contributed by atoms with Crippen LogP contribution >= 0.6 is 0 Å². The van der Waals surface area contributed by atoms with E-state index < -0.39 is 0 Å². The summed E-state index contributed by atoms with van der Waals surface area (Å²) in [6.45, 7) is 6.92. The second-order valence-corrected chi connectivity index (χ2v) is 4.53. The van der Waals surface area contributed by atoms with Crippen molar-refractivity contribution < 1.29 is 14.3 Å². The highest BCUT2D eigenvalue weighted by atomic mass is 16.5. The summed E-state index contributed by atoms with van der Waals surface area (Å²) in [5.41, 5.74) is 0. The first-order valence-corrected chi connectivity index (χ1v) is 6.29. The Morgan fingerprint density at radius 3 is 2.12 bits per heavy atom. The molecule has 3 nitrogen and oxygen atoms in total. The topological polar surface area (TPSA) is 35.5 Å². The van der Waals surface area contributed by atoms with Gasteiger partial charge >= 0.3 is 5.97 Å². The fourth-order valence-corrected chi connectivity index (χ4v) is 1.02. The molecular formula is C13H26O3. The average molecular weight is 230 g/mol. The maximum atomic E-state index is 11.4. The number of carbonyl (C=O) groups is 1. The number of hydrogen-bond donors (Lipinski definition) is 0. The minimum Gasteiger partial charge on any atom is -0.465 e. The van der Waals surface area contributed by atoms with E-state index in [-0.39, 0.29) is 17.8 Å². The van der Waals surface area contributed by atoms with E-state index in [4.69, 9.17) is 9.47 Å². The highest BCUT2D eigenvalue weighted by Crippen LogP contribution is 2.15. The number of rotatable bonds is 6. The lowest BCUT2D eigenvalue weighted by molar-refractivity contribution is -0.152. The second-order valence-electron chi connectivity index (χ2n) is 4.53. The molecule has 0 radical (unpaired) electrons. The van der Waals surface area contributed by atoms with Gasteiger partial charge in [0.25, 0.3) is 0 Å². The Hall–Kier alpha value is -0.570. The third-order valence-electron chi connectivity index (χ3n) is 2.26. The zero-order valence-electron chi connectivity index (χ0n) is 11.1. The molecule has 1 atom stereocenters. The summed E-state index contributed by atoms with van der Waals surface area (Å²) < 4.78 is 10.0. The van der Waals surface area contributed by atoms with Crippen LogP contribution in [0.25, 0.3) is 0 Å². The van der Waals surface area contributed by atoms with Crippen LogP contribution in [0.4, 0.5) is 0 Å². The van der Waals surface area contributed by atoms with Crippen LogP contribution in [0, 0.1) is 11.8 Å². The van der Waals surface area contributed by atoms with Crippen molar-refractivity contribution in [3.8, 4) is 0 Å². The van der Waals surface area contributed by atoms with Crippen molar-refractivity contribution in [2.45, 2.75) is 46.5 Å². The molecule has 1 rings (SSSR count). The molecular weight excluding hydrogens is 204 g/mol. The van der Waals surface area contributed by atoms with E-state index in [2.05, 4.69) is 0 Å². The third kappa shape index (κ3) is 8.72. The maximum Gasteiger partial charge on any atom is 0.311 e. The van der Waals surface area contributed by atoms with Crippen molar-refractivity contribution in [1.82, 2.24) is 0 Å². The van der Waals surface area contributed by atoms with E-state index in [1.807, 2.05) is 20.8 Å². The van der Waals surface area contributed by atoms with E-state index in [1.165, 1.54) is 19.3 Å². The number of methoxy groups -OCH3 is 1. The van der Waals surface area contributed by atoms with Crippen LogP contribution < -0.4 is 0 Å². The molecule has 1 aliphatic rings. The van der Waals surface area contributed by atoms with Gasteiger partial charge in [-0.25, -0.2) is 0 Å². The molecule has 0 bridgehead atoms. The minimum absolute atomic E-state index is 0.128. The van der Waals surface area contributed by atoms with Gasteiger partial charge in [0.2, 0.25) is 0 Å². The fourth-order valence-electron chi connectivity index (χ4n) is 1.02. The van der Waals surface area contributed by atoms with Crippen LogP contribution in [0.1, 0.15) is 46.5 Å². The van der Waals surface area contributed by atoms with Gasteiger partial charge in [-0.05, 0) is 12.3 Å². The SMILES string of the molecule is C1CC1.CCCOC(=O)C(COC)C(C)C. The second kappa shape index (κ2) is 9.64. The molecule has 0 aromatic heterocycles. The average Bonchev–Trinajstić information content (AvgIpc) is 3.09. The predicted molar refractivity (Wildman–Crippen MR) is 65.3 cm³/mol. The summed E-state index contributed by atoms with van der Waals surface area (Å²) in [5.74, 6) is -0.000411. The lowest BCUT2D eigenvalue weighted by atomic mass is 9.97. The van der Waals surface area contributed by atoms with Crippen LogP contribution in [0.15, 0.2) is 0 Å². The fraction of sp³-hybridized carbons (Fsp3) is 0.923. The van der Waals surface area contributed by atoms with Crippen LogP contribution in [0.2, 0.25) is 0 Å². The predicted octanol–water partition coefficient (Wildman–Crippen LogP) is 3.03. The zero-order chi connectivity index (χ0) is 12.4. The Morgan fingerprint density at radius 1 is 1.25 bits per heavy atom. The molecule has 0 heterocycles. The summed E-state index contributed by atoms with van der Waals surface area (Å²) in [5, 5.41) is 0. The Bertz CT molecular complexity index is 173. The smallest absolute Gasteiger partial charge is 0.311 e. The quantitative estimate of drug-likeness (QED) is 0.658. The van der Waals surface area contributed by atoms with Gasteiger partial charge in [-0.2, -0.15) is 0 Å². The van der Waals surface area contributed by atoms with E-state index in [9.17, 15) is 4.79 Å². The van der Waals surface area contributed by atoms with Gasteiger partial charge in [0.15, 0.2) is 0 Å². The molecule has 1 unspecified atom stereocenters. The van der Waals surface area contributed by atoms with E-state index in [0.29, 0.717) is 13.2 Å². The molecule has 0 saturated heterocycles. The lowest BCUT2D eigenvalue weighted by Gasteiger charge is -2.17. The van der Waals surface area contributed by atoms with Crippen molar-refractivity contribution in [3.63, 3.8) is 0 Å². The Kier molecular flexibility index (Phi) is 9.30. The maximum absolute atomic E-state index is 11.4. The Labute approximate surface area is 99.5 Å². The van der Waals surface area contributed by atoms with Gasteiger partial charge in [-0.3, -0.25) is 4.79 Å². The van der Waals surface area contributed by atoms with Gasteiger partial charge in [0, 0.05) is 7.11 Å². The molecule has 0 aromatic carbocycles. The Balaban J connectivity index is 0.000000635. The first-order chi connectivity index (χ1) is 7.63. The van der Waals surface area contributed by atoms with Crippen molar-refractivity contribution in [2.75, 3.05) is 20.3 Å². The molecule has 0 N–H and O–H groups in total. The molecule has 0 spiro atoms. The molecule has 16 heavy (non-hydrogen) atoms. The van der Waals surface area contributed by atoms with E-state index >= 15 is 0 Å². The molecule has 96 valence electrons. The summed E-state index contributed by atoms with van der Waals surface area (Å²) in [4.78, 5) is 11.4. The largest absolute Gasteiger partial charge is 0.465 e. The van der Waals surface area contributed by atoms with Gasteiger partial charge in [-0.15, -0.1) is 0 Å². The zero-order valence-corrected chi connectivity index (χ0v) is 11.1.